The van der Waals surface area contributed by atoms with Crippen LogP contribution in [0.1, 0.15) is 77.4 Å². The van der Waals surface area contributed by atoms with E-state index in [0.29, 0.717) is 17.3 Å². The van der Waals surface area contributed by atoms with Crippen LogP contribution in [-0.2, 0) is 6.42 Å². The van der Waals surface area contributed by atoms with Gasteiger partial charge in [0.25, 0.3) is 0 Å². The minimum absolute atomic E-state index is 0.331. The summed E-state index contributed by atoms with van der Waals surface area (Å²) in [7, 11) is 0. The lowest BCUT2D eigenvalue weighted by atomic mass is 9.80. The van der Waals surface area contributed by atoms with Crippen molar-refractivity contribution in [3.8, 4) is 0 Å². The summed E-state index contributed by atoms with van der Waals surface area (Å²) >= 11 is 0. The third-order valence-corrected chi connectivity index (χ3v) is 4.50. The van der Waals surface area contributed by atoms with Gasteiger partial charge in [0.05, 0.1) is 0 Å². The quantitative estimate of drug-likeness (QED) is 0.877. The van der Waals surface area contributed by atoms with E-state index in [1.54, 1.807) is 0 Å². The van der Waals surface area contributed by atoms with Gasteiger partial charge in [0.15, 0.2) is 5.82 Å². The van der Waals surface area contributed by atoms with E-state index in [9.17, 15) is 0 Å². The first-order chi connectivity index (χ1) is 8.47. The van der Waals surface area contributed by atoms with Gasteiger partial charge in [0.1, 0.15) is 5.82 Å². The molecule has 2 rings (SSSR count). The van der Waals surface area contributed by atoms with Crippen LogP contribution in [0.2, 0.25) is 0 Å². The highest BCUT2D eigenvalue weighted by Gasteiger charge is 2.23. The minimum atomic E-state index is 0.331. The zero-order valence-electron chi connectivity index (χ0n) is 12.3. The van der Waals surface area contributed by atoms with Gasteiger partial charge in [-0.05, 0) is 24.2 Å². The molecule has 1 aromatic heterocycles. The lowest BCUT2D eigenvalue weighted by molar-refractivity contribution is 0.257. The fourth-order valence-corrected chi connectivity index (χ4v) is 2.54. The Hall–Kier alpha value is -0.860. The average molecular weight is 249 g/mol. The van der Waals surface area contributed by atoms with E-state index in [1.165, 1.54) is 32.1 Å². The van der Waals surface area contributed by atoms with Crippen molar-refractivity contribution in [2.24, 2.45) is 11.3 Å². The molecule has 102 valence electrons. The number of rotatable bonds is 3. The van der Waals surface area contributed by atoms with E-state index in [-0.39, 0.29) is 0 Å². The molecular weight excluding hydrogens is 222 g/mol. The van der Waals surface area contributed by atoms with Crippen LogP contribution in [-0.4, -0.2) is 15.2 Å². The molecule has 18 heavy (non-hydrogen) atoms. The van der Waals surface area contributed by atoms with Gasteiger partial charge in [-0.15, -0.1) is 0 Å². The van der Waals surface area contributed by atoms with Crippen LogP contribution in [0.15, 0.2) is 0 Å². The van der Waals surface area contributed by atoms with Crippen molar-refractivity contribution in [3.05, 3.63) is 11.6 Å². The summed E-state index contributed by atoms with van der Waals surface area (Å²) in [6.45, 7) is 9.16. The predicted molar refractivity (Wildman–Crippen MR) is 74.5 cm³/mol. The summed E-state index contributed by atoms with van der Waals surface area (Å²) in [4.78, 5) is 4.72. The first kappa shape index (κ1) is 13.6. The summed E-state index contributed by atoms with van der Waals surface area (Å²) in [6, 6.07) is 0. The average Bonchev–Trinajstić information content (AvgIpc) is 2.77. The maximum Gasteiger partial charge on any atom is 0.153 e. The monoisotopic (exact) mass is 249 g/mol. The smallest absolute Gasteiger partial charge is 0.153 e. The Bertz CT molecular complexity index is 369. The van der Waals surface area contributed by atoms with Crippen molar-refractivity contribution < 1.29 is 0 Å². The van der Waals surface area contributed by atoms with Gasteiger partial charge in [-0.25, -0.2) is 4.98 Å². The van der Waals surface area contributed by atoms with E-state index >= 15 is 0 Å². The molecular formula is C15H27N3. The zero-order chi connectivity index (χ0) is 13.2. The lowest BCUT2D eigenvalue weighted by Crippen LogP contribution is -2.20. The SMILES string of the molecule is CC(Cc1nc(C2CCCCC2)n[nH]1)C(C)(C)C. The van der Waals surface area contributed by atoms with Crippen molar-refractivity contribution >= 4 is 0 Å². The number of hydrogen-bond acceptors (Lipinski definition) is 2. The van der Waals surface area contributed by atoms with Crippen molar-refractivity contribution in [2.75, 3.05) is 0 Å². The Morgan fingerprint density at radius 2 is 1.89 bits per heavy atom. The third kappa shape index (κ3) is 3.33. The highest BCUT2D eigenvalue weighted by molar-refractivity contribution is 5.00. The first-order valence-corrected chi connectivity index (χ1v) is 7.38. The second-order valence-corrected chi connectivity index (χ2v) is 6.95. The molecule has 1 aromatic rings. The molecule has 1 N–H and O–H groups in total. The van der Waals surface area contributed by atoms with Crippen molar-refractivity contribution in [1.29, 1.82) is 0 Å². The molecule has 0 amide bonds. The third-order valence-electron chi connectivity index (χ3n) is 4.50. The molecule has 1 aliphatic rings. The largest absolute Gasteiger partial charge is 0.263 e. The summed E-state index contributed by atoms with van der Waals surface area (Å²) in [5, 5.41) is 7.58. The highest BCUT2D eigenvalue weighted by Crippen LogP contribution is 2.31. The number of hydrogen-bond donors (Lipinski definition) is 1. The van der Waals surface area contributed by atoms with Crippen LogP contribution < -0.4 is 0 Å². The van der Waals surface area contributed by atoms with Crippen LogP contribution in [0.25, 0.3) is 0 Å². The van der Waals surface area contributed by atoms with Crippen LogP contribution in [0.3, 0.4) is 0 Å². The molecule has 0 aromatic carbocycles. The Balaban J connectivity index is 1.97. The highest BCUT2D eigenvalue weighted by atomic mass is 15.2. The second-order valence-electron chi connectivity index (χ2n) is 6.95. The molecule has 0 saturated heterocycles. The van der Waals surface area contributed by atoms with Gasteiger partial charge < -0.3 is 0 Å². The molecule has 0 aliphatic heterocycles. The molecule has 1 fully saturated rings. The van der Waals surface area contributed by atoms with Crippen LogP contribution in [0.5, 0.6) is 0 Å². The molecule has 1 heterocycles. The van der Waals surface area contributed by atoms with E-state index in [2.05, 4.69) is 37.9 Å². The Morgan fingerprint density at radius 1 is 1.22 bits per heavy atom. The first-order valence-electron chi connectivity index (χ1n) is 7.38. The van der Waals surface area contributed by atoms with Crippen LogP contribution in [0, 0.1) is 11.3 Å². The maximum atomic E-state index is 4.72. The second kappa shape index (κ2) is 5.41. The predicted octanol–water partition coefficient (Wildman–Crippen LogP) is 4.08. The zero-order valence-corrected chi connectivity index (χ0v) is 12.3. The molecule has 0 spiro atoms. The van der Waals surface area contributed by atoms with Gasteiger partial charge in [-0.1, -0.05) is 47.0 Å². The van der Waals surface area contributed by atoms with Crippen molar-refractivity contribution in [1.82, 2.24) is 15.2 Å². The Kier molecular flexibility index (Phi) is 4.08. The molecule has 0 radical (unpaired) electrons. The molecule has 1 atom stereocenters. The minimum Gasteiger partial charge on any atom is -0.263 e. The Labute approximate surface area is 111 Å². The standard InChI is InChI=1S/C15H27N3/c1-11(15(2,3)4)10-13-16-14(18-17-13)12-8-6-5-7-9-12/h11-12H,5-10H2,1-4H3,(H,16,17,18). The van der Waals surface area contributed by atoms with Crippen LogP contribution in [0.4, 0.5) is 0 Å². The van der Waals surface area contributed by atoms with Gasteiger partial charge in [0.2, 0.25) is 0 Å². The molecule has 3 heteroatoms. The van der Waals surface area contributed by atoms with Crippen molar-refractivity contribution in [2.45, 2.75) is 72.1 Å². The summed E-state index contributed by atoms with van der Waals surface area (Å²) in [5.41, 5.74) is 0.331. The molecule has 1 unspecified atom stereocenters. The lowest BCUT2D eigenvalue weighted by Gasteiger charge is -2.26. The van der Waals surface area contributed by atoms with Crippen LogP contribution >= 0.6 is 0 Å². The van der Waals surface area contributed by atoms with E-state index in [1.807, 2.05) is 0 Å². The van der Waals surface area contributed by atoms with E-state index in [0.717, 1.165) is 18.1 Å². The number of nitrogens with zero attached hydrogens (tertiary/aromatic N) is 2. The molecule has 1 saturated carbocycles. The molecule has 1 aliphatic carbocycles. The molecule has 0 bridgehead atoms. The maximum absolute atomic E-state index is 4.72. The number of aromatic nitrogens is 3. The summed E-state index contributed by atoms with van der Waals surface area (Å²) in [5.74, 6) is 3.35. The number of aromatic amines is 1. The van der Waals surface area contributed by atoms with Gasteiger partial charge in [-0.3, -0.25) is 5.10 Å². The normalized spacial score (nSPS) is 20.0. The fraction of sp³-hybridized carbons (Fsp3) is 0.867. The van der Waals surface area contributed by atoms with Gasteiger partial charge in [-0.2, -0.15) is 5.10 Å². The van der Waals surface area contributed by atoms with Crippen molar-refractivity contribution in [3.63, 3.8) is 0 Å². The van der Waals surface area contributed by atoms with Gasteiger partial charge in [0, 0.05) is 12.3 Å². The summed E-state index contributed by atoms with van der Waals surface area (Å²) in [6.07, 6.45) is 7.61. The number of nitrogens with one attached hydrogen (secondary N) is 1. The number of H-pyrrole nitrogens is 1. The summed E-state index contributed by atoms with van der Waals surface area (Å²) < 4.78 is 0. The Morgan fingerprint density at radius 3 is 2.50 bits per heavy atom. The molecule has 3 nitrogen and oxygen atoms in total. The topological polar surface area (TPSA) is 41.6 Å². The van der Waals surface area contributed by atoms with E-state index < -0.39 is 0 Å². The van der Waals surface area contributed by atoms with E-state index in [4.69, 9.17) is 4.98 Å². The van der Waals surface area contributed by atoms with Gasteiger partial charge >= 0.3 is 0 Å². The fourth-order valence-electron chi connectivity index (χ4n) is 2.54.